The highest BCUT2D eigenvalue weighted by molar-refractivity contribution is 6.20. The fourth-order valence-electron chi connectivity index (χ4n) is 0.485. The van der Waals surface area contributed by atoms with E-state index >= 15 is 0 Å². The molecule has 0 nitrogen and oxygen atoms in total. The molecule has 0 amide bonds. The van der Waals surface area contributed by atoms with Gasteiger partial charge in [-0.05, 0) is 13.3 Å². The van der Waals surface area contributed by atoms with Crippen LogP contribution in [0.5, 0.6) is 0 Å². The Balaban J connectivity index is 2.68. The van der Waals surface area contributed by atoms with Crippen molar-refractivity contribution in [3.05, 3.63) is 0 Å². The van der Waals surface area contributed by atoms with Gasteiger partial charge in [-0.15, -0.1) is 11.6 Å². The average Bonchev–Trinajstić information content (AvgIpc) is 1.61. The Labute approximate surface area is 50.9 Å². The lowest BCUT2D eigenvalue weighted by Gasteiger charge is -1.96. The Kier molecular flexibility index (Phi) is 4.63. The van der Waals surface area contributed by atoms with Gasteiger partial charge in [0.15, 0.2) is 0 Å². The van der Waals surface area contributed by atoms with Crippen LogP contribution in [0.4, 0.5) is 0 Å². The Morgan fingerprint density at radius 1 is 1.57 bits per heavy atom. The van der Waals surface area contributed by atoms with Crippen LogP contribution < -0.4 is 0 Å². The Morgan fingerprint density at radius 2 is 2.14 bits per heavy atom. The van der Waals surface area contributed by atoms with Crippen molar-refractivity contribution in [2.75, 3.05) is 0 Å². The molecule has 0 N–H and O–H groups in total. The third-order valence-corrected chi connectivity index (χ3v) is 1.17. The smallest absolute Gasteiger partial charge is 0.0307 e. The topological polar surface area (TPSA) is 0 Å². The van der Waals surface area contributed by atoms with E-state index in [-0.39, 0.29) is 0 Å². The fourth-order valence-corrected chi connectivity index (χ4v) is 0.640. The van der Waals surface area contributed by atoms with E-state index in [1.54, 1.807) is 0 Å². The molecule has 1 heteroatoms. The summed E-state index contributed by atoms with van der Waals surface area (Å²) >= 11 is 5.66. The molecule has 0 rings (SSSR count). The average molecular weight is 121 g/mol. The highest BCUT2D eigenvalue weighted by atomic mass is 35.5. The molecule has 0 aliphatic rings. The maximum absolute atomic E-state index is 5.66. The number of unbranched alkanes of at least 4 members (excludes halogenated alkanes) is 1. The lowest BCUT2D eigenvalue weighted by molar-refractivity contribution is 0.708. The van der Waals surface area contributed by atoms with E-state index in [9.17, 15) is 0 Å². The summed E-state index contributed by atoms with van der Waals surface area (Å²) in [5.41, 5.74) is 0. The van der Waals surface area contributed by atoms with Crippen LogP contribution in [0.15, 0.2) is 0 Å². The van der Waals surface area contributed by atoms with Crippen LogP contribution in [0.3, 0.4) is 0 Å². The number of hydrogen-bond acceptors (Lipinski definition) is 0. The first-order valence-corrected chi connectivity index (χ1v) is 3.35. The Hall–Kier alpha value is 0.290. The lowest BCUT2D eigenvalue weighted by atomic mass is 10.2. The maximum Gasteiger partial charge on any atom is 0.0307 e. The van der Waals surface area contributed by atoms with Crippen molar-refractivity contribution in [3.8, 4) is 0 Å². The normalized spacial score (nSPS) is 14.1. The van der Waals surface area contributed by atoms with Gasteiger partial charge in [0.2, 0.25) is 0 Å². The SMILES string of the molecule is CCCCC(C)Cl. The minimum absolute atomic E-state index is 0.375. The van der Waals surface area contributed by atoms with Gasteiger partial charge in [-0.2, -0.15) is 0 Å². The van der Waals surface area contributed by atoms with Crippen molar-refractivity contribution in [2.45, 2.75) is 38.5 Å². The van der Waals surface area contributed by atoms with Gasteiger partial charge in [0.25, 0.3) is 0 Å². The molecule has 0 aliphatic heterocycles. The lowest BCUT2D eigenvalue weighted by Crippen LogP contribution is -1.87. The number of alkyl halides is 1. The van der Waals surface area contributed by atoms with Crippen LogP contribution in [-0.2, 0) is 0 Å². The Bertz CT molecular complexity index is 33.2. The molecule has 0 heterocycles. The van der Waals surface area contributed by atoms with E-state index < -0.39 is 0 Å². The zero-order valence-electron chi connectivity index (χ0n) is 5.08. The second-order valence-electron chi connectivity index (χ2n) is 1.92. The summed E-state index contributed by atoms with van der Waals surface area (Å²) in [7, 11) is 0. The summed E-state index contributed by atoms with van der Waals surface area (Å²) in [6, 6.07) is 0. The largest absolute Gasteiger partial charge is 0.123 e. The third kappa shape index (κ3) is 6.29. The van der Waals surface area contributed by atoms with Crippen LogP contribution in [0.2, 0.25) is 0 Å². The highest BCUT2D eigenvalue weighted by Crippen LogP contribution is 2.04. The molecule has 0 radical (unpaired) electrons. The molecule has 0 bridgehead atoms. The standard InChI is InChI=1S/C6H13Cl/c1-3-4-5-6(2)7/h6H,3-5H2,1-2H3. The molecule has 44 valence electrons. The van der Waals surface area contributed by atoms with E-state index in [0.29, 0.717) is 5.38 Å². The first-order chi connectivity index (χ1) is 3.27. The molecule has 0 fully saturated rings. The second-order valence-corrected chi connectivity index (χ2v) is 2.67. The quantitative estimate of drug-likeness (QED) is 0.503. The predicted molar refractivity (Wildman–Crippen MR) is 34.8 cm³/mol. The molecule has 0 saturated carbocycles. The highest BCUT2D eigenvalue weighted by Gasteiger charge is 1.91. The molecule has 0 aromatic heterocycles. The molecule has 0 aromatic rings. The van der Waals surface area contributed by atoms with Crippen LogP contribution >= 0.6 is 11.6 Å². The summed E-state index contributed by atoms with van der Waals surface area (Å²) in [4.78, 5) is 0. The third-order valence-electron chi connectivity index (χ3n) is 0.955. The number of hydrogen-bond donors (Lipinski definition) is 0. The van der Waals surface area contributed by atoms with Gasteiger partial charge >= 0.3 is 0 Å². The van der Waals surface area contributed by atoms with Crippen LogP contribution in [0.25, 0.3) is 0 Å². The molecule has 0 aromatic carbocycles. The van der Waals surface area contributed by atoms with Gasteiger partial charge in [0.1, 0.15) is 0 Å². The predicted octanol–water partition coefficient (Wildman–Crippen LogP) is 2.80. The minimum Gasteiger partial charge on any atom is -0.123 e. The zero-order valence-corrected chi connectivity index (χ0v) is 5.83. The van der Waals surface area contributed by atoms with E-state index in [0.717, 1.165) is 6.42 Å². The molecule has 7 heavy (non-hydrogen) atoms. The molecule has 1 unspecified atom stereocenters. The van der Waals surface area contributed by atoms with Gasteiger partial charge in [0.05, 0.1) is 0 Å². The molecule has 0 saturated heterocycles. The van der Waals surface area contributed by atoms with Gasteiger partial charge in [-0.3, -0.25) is 0 Å². The second kappa shape index (κ2) is 4.45. The van der Waals surface area contributed by atoms with Crippen molar-refractivity contribution in [3.63, 3.8) is 0 Å². The molecule has 0 spiro atoms. The van der Waals surface area contributed by atoms with Crippen molar-refractivity contribution in [1.82, 2.24) is 0 Å². The first kappa shape index (κ1) is 7.29. The monoisotopic (exact) mass is 120 g/mol. The first-order valence-electron chi connectivity index (χ1n) is 2.91. The molecular weight excluding hydrogens is 108 g/mol. The molecular formula is C6H13Cl. The van der Waals surface area contributed by atoms with E-state index in [4.69, 9.17) is 11.6 Å². The van der Waals surface area contributed by atoms with E-state index in [1.165, 1.54) is 12.8 Å². The van der Waals surface area contributed by atoms with Crippen molar-refractivity contribution >= 4 is 11.6 Å². The summed E-state index contributed by atoms with van der Waals surface area (Å²) in [6.45, 7) is 4.22. The maximum atomic E-state index is 5.66. The van der Waals surface area contributed by atoms with Gasteiger partial charge in [-0.1, -0.05) is 19.8 Å². The summed E-state index contributed by atoms with van der Waals surface area (Å²) in [5, 5.41) is 0.375. The fraction of sp³-hybridized carbons (Fsp3) is 1.00. The van der Waals surface area contributed by atoms with E-state index in [1.807, 2.05) is 6.92 Å². The minimum atomic E-state index is 0.375. The summed E-state index contributed by atoms with van der Waals surface area (Å²) in [5.74, 6) is 0. The van der Waals surface area contributed by atoms with E-state index in [2.05, 4.69) is 6.92 Å². The summed E-state index contributed by atoms with van der Waals surface area (Å²) in [6.07, 6.45) is 3.69. The zero-order chi connectivity index (χ0) is 5.70. The van der Waals surface area contributed by atoms with Crippen LogP contribution in [-0.4, -0.2) is 5.38 Å². The molecule has 1 atom stereocenters. The van der Waals surface area contributed by atoms with Crippen molar-refractivity contribution < 1.29 is 0 Å². The van der Waals surface area contributed by atoms with Crippen LogP contribution in [0, 0.1) is 0 Å². The van der Waals surface area contributed by atoms with Gasteiger partial charge < -0.3 is 0 Å². The van der Waals surface area contributed by atoms with Crippen LogP contribution in [0.1, 0.15) is 33.1 Å². The number of halogens is 1. The van der Waals surface area contributed by atoms with Gasteiger partial charge in [0, 0.05) is 5.38 Å². The number of rotatable bonds is 3. The van der Waals surface area contributed by atoms with Crippen molar-refractivity contribution in [1.29, 1.82) is 0 Å². The Morgan fingerprint density at radius 3 is 2.29 bits per heavy atom. The van der Waals surface area contributed by atoms with Crippen molar-refractivity contribution in [2.24, 2.45) is 0 Å². The molecule has 0 aliphatic carbocycles. The van der Waals surface area contributed by atoms with Gasteiger partial charge in [-0.25, -0.2) is 0 Å². The summed E-state index contributed by atoms with van der Waals surface area (Å²) < 4.78 is 0.